The average Bonchev–Trinajstić information content (AvgIpc) is 2.78. The molecule has 8 nitrogen and oxygen atoms in total. The van der Waals surface area contributed by atoms with Gasteiger partial charge in [-0.1, -0.05) is 12.1 Å². The number of rotatable bonds is 5. The molecule has 1 atom stereocenters. The van der Waals surface area contributed by atoms with Crippen molar-refractivity contribution in [2.45, 2.75) is 19.9 Å². The van der Waals surface area contributed by atoms with Crippen LogP contribution in [0.3, 0.4) is 0 Å². The van der Waals surface area contributed by atoms with Crippen LogP contribution in [0.4, 0.5) is 16.2 Å². The highest BCUT2D eigenvalue weighted by molar-refractivity contribution is 7.80. The molecule has 0 fully saturated rings. The van der Waals surface area contributed by atoms with E-state index in [0.717, 1.165) is 5.56 Å². The van der Waals surface area contributed by atoms with E-state index in [-0.39, 0.29) is 6.61 Å². The smallest absolute Gasteiger partial charge is 0.338 e. The Labute approximate surface area is 191 Å². The van der Waals surface area contributed by atoms with Gasteiger partial charge in [0.05, 0.1) is 29.9 Å². The summed E-state index contributed by atoms with van der Waals surface area (Å²) in [7, 11) is 1.78. The van der Waals surface area contributed by atoms with Crippen LogP contribution >= 0.6 is 12.2 Å². The summed E-state index contributed by atoms with van der Waals surface area (Å²) < 4.78 is 5.26. The van der Waals surface area contributed by atoms with Crippen molar-refractivity contribution in [1.29, 1.82) is 5.26 Å². The van der Waals surface area contributed by atoms with E-state index in [1.54, 1.807) is 61.3 Å². The molecule has 0 spiro atoms. The van der Waals surface area contributed by atoms with Crippen LogP contribution in [0.15, 0.2) is 59.8 Å². The minimum atomic E-state index is -0.513. The summed E-state index contributed by atoms with van der Waals surface area (Å²) in [5, 5.41) is 18.0. The van der Waals surface area contributed by atoms with Gasteiger partial charge in [-0.2, -0.15) is 5.26 Å². The molecule has 0 bridgehead atoms. The van der Waals surface area contributed by atoms with Gasteiger partial charge in [0.15, 0.2) is 5.11 Å². The molecule has 164 valence electrons. The second-order valence-corrected chi connectivity index (χ2v) is 7.44. The summed E-state index contributed by atoms with van der Waals surface area (Å²) in [6.45, 7) is 3.83. The number of nitrogens with zero attached hydrogens (tertiary/aromatic N) is 2. The first kappa shape index (κ1) is 22.8. The molecule has 3 rings (SSSR count). The maximum atomic E-state index is 12.7. The topological polar surface area (TPSA) is 106 Å². The van der Waals surface area contributed by atoms with Crippen LogP contribution in [-0.2, 0) is 9.53 Å². The monoisotopic (exact) mass is 449 g/mol. The van der Waals surface area contributed by atoms with Crippen LogP contribution in [-0.4, -0.2) is 35.7 Å². The summed E-state index contributed by atoms with van der Waals surface area (Å²) >= 11 is 5.41. The van der Waals surface area contributed by atoms with Gasteiger partial charge in [0.1, 0.15) is 0 Å². The molecule has 32 heavy (non-hydrogen) atoms. The van der Waals surface area contributed by atoms with E-state index in [9.17, 15) is 9.59 Å². The Bertz CT molecular complexity index is 1120. The molecule has 0 radical (unpaired) electrons. The zero-order chi connectivity index (χ0) is 23.3. The number of allylic oxidation sites excluding steroid dienone is 1. The van der Waals surface area contributed by atoms with E-state index in [2.05, 4.69) is 16.0 Å². The Morgan fingerprint density at radius 1 is 1.19 bits per heavy atom. The molecule has 3 N–H and O–H groups in total. The quantitative estimate of drug-likeness (QED) is 0.469. The molecule has 0 aliphatic carbocycles. The molecule has 1 heterocycles. The number of esters is 1. The SMILES string of the molecule is CCOC(=O)C1=C(C)N(C)C(=S)NC1c1cccc(NC(=O)Nc2ccc(C#N)cc2)c1. The molecule has 0 saturated heterocycles. The van der Waals surface area contributed by atoms with Crippen molar-refractivity contribution in [1.82, 2.24) is 10.2 Å². The summed E-state index contributed by atoms with van der Waals surface area (Å²) in [5.74, 6) is -0.422. The van der Waals surface area contributed by atoms with Crippen LogP contribution in [0.5, 0.6) is 0 Å². The van der Waals surface area contributed by atoms with Crippen molar-refractivity contribution in [2.24, 2.45) is 0 Å². The van der Waals surface area contributed by atoms with Crippen molar-refractivity contribution in [3.63, 3.8) is 0 Å². The molecule has 2 amide bonds. The van der Waals surface area contributed by atoms with Gasteiger partial charge in [0.25, 0.3) is 0 Å². The largest absolute Gasteiger partial charge is 0.463 e. The Kier molecular flexibility index (Phi) is 7.07. The van der Waals surface area contributed by atoms with E-state index in [1.165, 1.54) is 0 Å². The Hall–Kier alpha value is -3.90. The van der Waals surface area contributed by atoms with E-state index in [0.29, 0.717) is 33.3 Å². The molecule has 2 aromatic carbocycles. The van der Waals surface area contributed by atoms with Crippen LogP contribution < -0.4 is 16.0 Å². The number of anilines is 2. The first-order valence-corrected chi connectivity index (χ1v) is 10.3. The van der Waals surface area contributed by atoms with E-state index in [1.807, 2.05) is 19.1 Å². The zero-order valence-electron chi connectivity index (χ0n) is 17.9. The molecular formula is C23H23N5O3S. The molecule has 1 aliphatic rings. The third kappa shape index (κ3) is 5.04. The fourth-order valence-corrected chi connectivity index (χ4v) is 3.53. The summed E-state index contributed by atoms with van der Waals surface area (Å²) in [6.07, 6.45) is 0. The minimum Gasteiger partial charge on any atom is -0.463 e. The number of hydrogen-bond donors (Lipinski definition) is 3. The number of urea groups is 1. The third-order valence-electron chi connectivity index (χ3n) is 5.00. The van der Waals surface area contributed by atoms with Crippen LogP contribution in [0, 0.1) is 11.3 Å². The Balaban J connectivity index is 1.82. The highest BCUT2D eigenvalue weighted by Gasteiger charge is 2.33. The Morgan fingerprint density at radius 3 is 2.53 bits per heavy atom. The van der Waals surface area contributed by atoms with Crippen molar-refractivity contribution in [3.8, 4) is 6.07 Å². The number of hydrogen-bond acceptors (Lipinski definition) is 5. The normalized spacial score (nSPS) is 15.5. The van der Waals surface area contributed by atoms with Crippen molar-refractivity contribution < 1.29 is 14.3 Å². The van der Waals surface area contributed by atoms with Crippen LogP contribution in [0.2, 0.25) is 0 Å². The fourth-order valence-electron chi connectivity index (χ4n) is 3.28. The summed E-state index contributed by atoms with van der Waals surface area (Å²) in [4.78, 5) is 26.8. The van der Waals surface area contributed by atoms with Gasteiger partial charge in [-0.05, 0) is 68.0 Å². The second-order valence-electron chi connectivity index (χ2n) is 7.05. The van der Waals surface area contributed by atoms with Gasteiger partial charge in [-0.15, -0.1) is 0 Å². The van der Waals surface area contributed by atoms with Gasteiger partial charge in [0, 0.05) is 24.1 Å². The highest BCUT2D eigenvalue weighted by Crippen LogP contribution is 2.32. The minimum absolute atomic E-state index is 0.258. The lowest BCUT2D eigenvalue weighted by Gasteiger charge is -2.35. The fraction of sp³-hybridized carbons (Fsp3) is 0.217. The molecule has 9 heteroatoms. The van der Waals surface area contributed by atoms with Crippen LogP contribution in [0.25, 0.3) is 0 Å². The molecular weight excluding hydrogens is 426 g/mol. The number of thiocarbonyl (C=S) groups is 1. The molecule has 0 aromatic heterocycles. The van der Waals surface area contributed by atoms with E-state index >= 15 is 0 Å². The number of nitrogens with one attached hydrogen (secondary N) is 3. The highest BCUT2D eigenvalue weighted by atomic mass is 32.1. The van der Waals surface area contributed by atoms with Gasteiger partial charge in [-0.25, -0.2) is 9.59 Å². The van der Waals surface area contributed by atoms with Crippen molar-refractivity contribution in [3.05, 3.63) is 70.9 Å². The van der Waals surface area contributed by atoms with Crippen LogP contribution in [0.1, 0.15) is 31.0 Å². The first-order chi connectivity index (χ1) is 15.3. The Morgan fingerprint density at radius 2 is 1.88 bits per heavy atom. The second kappa shape index (κ2) is 9.94. The number of carbonyl (C=O) groups is 2. The lowest BCUT2D eigenvalue weighted by molar-refractivity contribution is -0.139. The molecule has 0 saturated carbocycles. The number of ether oxygens (including phenoxy) is 1. The van der Waals surface area contributed by atoms with Gasteiger partial charge >= 0.3 is 12.0 Å². The standard InChI is InChI=1S/C23H23N5O3S/c1-4-31-21(29)19-14(2)28(3)23(32)27-20(19)16-6-5-7-18(12-16)26-22(30)25-17-10-8-15(13-24)9-11-17/h5-12,20H,4H2,1-3H3,(H,27,32)(H2,25,26,30). The molecule has 1 unspecified atom stereocenters. The summed E-state index contributed by atoms with van der Waals surface area (Å²) in [6, 6.07) is 14.8. The number of nitriles is 1. The first-order valence-electron chi connectivity index (χ1n) is 9.94. The number of benzene rings is 2. The van der Waals surface area contributed by atoms with Gasteiger partial charge in [0.2, 0.25) is 0 Å². The maximum Gasteiger partial charge on any atom is 0.338 e. The lowest BCUT2D eigenvalue weighted by Crippen LogP contribution is -2.46. The average molecular weight is 450 g/mol. The molecule has 2 aromatic rings. The summed E-state index contributed by atoms with van der Waals surface area (Å²) in [5.41, 5.74) is 3.52. The van der Waals surface area contributed by atoms with Gasteiger partial charge < -0.3 is 25.6 Å². The van der Waals surface area contributed by atoms with E-state index < -0.39 is 18.0 Å². The number of amides is 2. The lowest BCUT2D eigenvalue weighted by atomic mass is 9.95. The van der Waals surface area contributed by atoms with Gasteiger partial charge in [-0.3, -0.25) is 0 Å². The van der Waals surface area contributed by atoms with Crippen molar-refractivity contribution >= 4 is 40.7 Å². The van der Waals surface area contributed by atoms with E-state index in [4.69, 9.17) is 22.2 Å². The predicted octanol–water partition coefficient (Wildman–Crippen LogP) is 3.90. The predicted molar refractivity (Wildman–Crippen MR) is 126 cm³/mol. The molecule has 1 aliphatic heterocycles. The third-order valence-corrected chi connectivity index (χ3v) is 5.39. The zero-order valence-corrected chi connectivity index (χ0v) is 18.7. The number of carbonyl (C=O) groups excluding carboxylic acids is 2. The maximum absolute atomic E-state index is 12.7. The van der Waals surface area contributed by atoms with Crippen molar-refractivity contribution in [2.75, 3.05) is 24.3 Å².